The molecule has 0 atom stereocenters. The van der Waals surface area contributed by atoms with Crippen molar-refractivity contribution < 1.29 is 0 Å². The first kappa shape index (κ1) is 11.1. The zero-order valence-electron chi connectivity index (χ0n) is 8.05. The van der Waals surface area contributed by atoms with Crippen molar-refractivity contribution in [2.24, 2.45) is 10.3 Å². The van der Waals surface area contributed by atoms with Gasteiger partial charge in [0, 0.05) is 5.75 Å². The van der Waals surface area contributed by atoms with Crippen LogP contribution in [0.5, 0.6) is 0 Å². The Hall–Kier alpha value is 0.150. The molecule has 0 aromatic heterocycles. The van der Waals surface area contributed by atoms with E-state index in [4.69, 9.17) is 0 Å². The number of hydrogen-bond donors (Lipinski definition) is 0. The normalized spacial score (nSPS) is 12.5. The molecule has 0 saturated carbocycles. The van der Waals surface area contributed by atoms with E-state index in [1.807, 2.05) is 0 Å². The summed E-state index contributed by atoms with van der Waals surface area (Å²) in [6.07, 6.45) is 2.54. The molecule has 0 aromatic rings. The quantitative estimate of drug-likeness (QED) is 0.256. The van der Waals surface area contributed by atoms with E-state index < -0.39 is 0 Å². The minimum atomic E-state index is 0.601. The van der Waals surface area contributed by atoms with Crippen LogP contribution in [-0.4, -0.2) is 27.1 Å². The lowest BCUT2D eigenvalue weighted by molar-refractivity contribution is 0.902. The number of hydrogen-bond acceptors (Lipinski definition) is 2. The predicted molar refractivity (Wildman–Crippen MR) is 61.2 cm³/mol. The summed E-state index contributed by atoms with van der Waals surface area (Å²) < 4.78 is 4.39. The fourth-order valence-corrected chi connectivity index (χ4v) is 1.39. The summed E-state index contributed by atoms with van der Waals surface area (Å²) >= 11 is 1.70. The topological polar surface area (TPSA) is 12.4 Å². The third kappa shape index (κ3) is 6.54. The van der Waals surface area contributed by atoms with Crippen LogP contribution < -0.4 is 0 Å². The number of nitrogens with zero attached hydrogens (tertiary/aromatic N) is 1. The van der Waals surface area contributed by atoms with E-state index in [2.05, 4.69) is 33.9 Å². The first-order chi connectivity index (χ1) is 5.18. The van der Waals surface area contributed by atoms with Crippen LogP contribution in [-0.2, 0) is 0 Å². The van der Waals surface area contributed by atoms with Gasteiger partial charge in [-0.2, -0.15) is 0 Å². The van der Waals surface area contributed by atoms with Crippen LogP contribution in [0.25, 0.3) is 0 Å². The molecule has 0 radical (unpaired) electrons. The van der Waals surface area contributed by atoms with Gasteiger partial charge in [0.05, 0.1) is 0 Å². The molecule has 11 heavy (non-hydrogen) atoms. The fraction of sp³-hybridized carbons (Fsp3) is 0.857. The van der Waals surface area contributed by atoms with E-state index in [0.717, 1.165) is 0 Å². The first-order valence-electron chi connectivity index (χ1n) is 4.35. The molecule has 0 amide bonds. The summed E-state index contributed by atoms with van der Waals surface area (Å²) in [5, 5.41) is 0. The molecule has 0 rings (SSSR count). The van der Waals surface area contributed by atoms with Gasteiger partial charge in [-0.05, 0) is 29.9 Å². The molecule has 0 heterocycles. The molecule has 0 aliphatic carbocycles. The summed E-state index contributed by atoms with van der Waals surface area (Å²) in [5.41, 5.74) is 1.26. The van der Waals surface area contributed by atoms with E-state index in [0.29, 0.717) is 5.92 Å². The average molecular weight is 169 g/mol. The van der Waals surface area contributed by atoms with Crippen LogP contribution >= 0.6 is 11.9 Å². The Bertz CT molecular complexity index is 126. The minimum absolute atomic E-state index is 0.601. The largest absolute Gasteiger partial charge is 0.236 e. The molecule has 0 N–H and O–H groups in total. The highest BCUT2D eigenvalue weighted by Gasteiger charge is 1.96. The highest BCUT2D eigenvalue weighted by atomic mass is 32.2. The maximum atomic E-state index is 4.39. The summed E-state index contributed by atoms with van der Waals surface area (Å²) in [5.74, 6) is 1.77. The van der Waals surface area contributed by atoms with Crippen molar-refractivity contribution in [3.8, 4) is 0 Å². The maximum absolute atomic E-state index is 4.39. The monoisotopic (exact) mass is 169 g/mol. The molecular weight excluding hydrogens is 152 g/mol. The Labute approximate surface area is 76.4 Å². The van der Waals surface area contributed by atoms with Gasteiger partial charge in [0.1, 0.15) is 7.85 Å². The Morgan fingerprint density at radius 2 is 2.18 bits per heavy atom. The van der Waals surface area contributed by atoms with Crippen LogP contribution in [0.2, 0.25) is 6.32 Å². The summed E-state index contributed by atoms with van der Waals surface area (Å²) in [6.45, 7) is 4.36. The zero-order valence-corrected chi connectivity index (χ0v) is 8.87. The molecule has 0 aromatic carbocycles. The van der Waals surface area contributed by atoms with Crippen molar-refractivity contribution in [2.45, 2.75) is 26.6 Å². The smallest absolute Gasteiger partial charge is 0.159 e. The van der Waals surface area contributed by atoms with Crippen molar-refractivity contribution in [1.29, 1.82) is 0 Å². The molecule has 62 valence electrons. The van der Waals surface area contributed by atoms with Crippen LogP contribution in [0.15, 0.2) is 4.40 Å². The van der Waals surface area contributed by atoms with E-state index >= 15 is 0 Å². The van der Waals surface area contributed by atoms with Gasteiger partial charge in [-0.3, -0.25) is 0 Å². The van der Waals surface area contributed by atoms with E-state index in [9.17, 15) is 0 Å². The van der Waals surface area contributed by atoms with Gasteiger partial charge in [-0.25, -0.2) is 4.40 Å². The van der Waals surface area contributed by atoms with Crippen molar-refractivity contribution >= 4 is 33.3 Å². The zero-order chi connectivity index (χ0) is 8.69. The van der Waals surface area contributed by atoms with Crippen LogP contribution in [0.3, 0.4) is 0 Å². The SMILES string of the molecule is BCCCS/N=C(/B)C(C)C. The molecule has 0 bridgehead atoms. The Morgan fingerprint density at radius 1 is 1.55 bits per heavy atom. The van der Waals surface area contributed by atoms with Crippen molar-refractivity contribution in [2.75, 3.05) is 5.75 Å². The molecular formula is C7H17B2NS. The highest BCUT2D eigenvalue weighted by molar-refractivity contribution is 7.98. The van der Waals surface area contributed by atoms with Gasteiger partial charge in [0.25, 0.3) is 0 Å². The lowest BCUT2D eigenvalue weighted by Crippen LogP contribution is -2.05. The van der Waals surface area contributed by atoms with Gasteiger partial charge in [-0.1, -0.05) is 20.2 Å². The lowest BCUT2D eigenvalue weighted by Gasteiger charge is -2.02. The molecule has 1 nitrogen and oxygen atoms in total. The maximum Gasteiger partial charge on any atom is 0.159 e. The third-order valence-electron chi connectivity index (χ3n) is 1.63. The minimum Gasteiger partial charge on any atom is -0.236 e. The molecule has 4 heteroatoms. The predicted octanol–water partition coefficient (Wildman–Crippen LogP) is 0.764. The molecule has 0 aliphatic rings. The Morgan fingerprint density at radius 3 is 2.64 bits per heavy atom. The van der Waals surface area contributed by atoms with Crippen LogP contribution in [0.1, 0.15) is 20.3 Å². The van der Waals surface area contributed by atoms with Crippen molar-refractivity contribution in [1.82, 2.24) is 0 Å². The van der Waals surface area contributed by atoms with Gasteiger partial charge in [0.2, 0.25) is 0 Å². The van der Waals surface area contributed by atoms with Gasteiger partial charge in [0.15, 0.2) is 7.85 Å². The number of rotatable bonds is 5. The molecule has 0 unspecified atom stereocenters. The summed E-state index contributed by atoms with van der Waals surface area (Å²) in [6, 6.07) is 0. The Kier molecular flexibility index (Phi) is 6.93. The molecule has 0 spiro atoms. The second kappa shape index (κ2) is 6.84. The van der Waals surface area contributed by atoms with Crippen molar-refractivity contribution in [3.63, 3.8) is 0 Å². The molecule has 0 aliphatic heterocycles. The molecule has 0 saturated heterocycles. The second-order valence-electron chi connectivity index (χ2n) is 3.07. The average Bonchev–Trinajstić information content (AvgIpc) is 1.97. The lowest BCUT2D eigenvalue weighted by atomic mass is 9.91. The standard InChI is InChI=1S/C7H17B2NS/c1-6(2)7(9)10-11-5-3-4-8/h6H,3-5,8-9H2,1-2H3/b10-7+. The van der Waals surface area contributed by atoms with Gasteiger partial charge < -0.3 is 0 Å². The van der Waals surface area contributed by atoms with Crippen LogP contribution in [0.4, 0.5) is 0 Å². The highest BCUT2D eigenvalue weighted by Crippen LogP contribution is 2.07. The van der Waals surface area contributed by atoms with Crippen LogP contribution in [0, 0.1) is 5.92 Å². The first-order valence-corrected chi connectivity index (χ1v) is 5.29. The second-order valence-corrected chi connectivity index (χ2v) is 3.92. The van der Waals surface area contributed by atoms with E-state index in [1.165, 1.54) is 24.1 Å². The third-order valence-corrected chi connectivity index (χ3v) is 2.52. The van der Waals surface area contributed by atoms with Gasteiger partial charge in [-0.15, -0.1) is 0 Å². The van der Waals surface area contributed by atoms with Crippen molar-refractivity contribution in [3.05, 3.63) is 0 Å². The summed E-state index contributed by atoms with van der Waals surface area (Å²) in [4.78, 5) is 0. The fourth-order valence-electron chi connectivity index (χ4n) is 0.462. The van der Waals surface area contributed by atoms with E-state index in [-0.39, 0.29) is 0 Å². The Balaban J connectivity index is 3.40. The van der Waals surface area contributed by atoms with Gasteiger partial charge >= 0.3 is 0 Å². The summed E-state index contributed by atoms with van der Waals surface area (Å²) in [7, 11) is 4.31. The molecule has 0 fully saturated rings. The van der Waals surface area contributed by atoms with E-state index in [1.54, 1.807) is 11.9 Å².